The fourth-order valence-electron chi connectivity index (χ4n) is 3.68. The number of carbonyl (C=O) groups is 2. The quantitative estimate of drug-likeness (QED) is 0.433. The van der Waals surface area contributed by atoms with Crippen molar-refractivity contribution in [1.29, 1.82) is 0 Å². The van der Waals surface area contributed by atoms with Gasteiger partial charge in [-0.2, -0.15) is 0 Å². The van der Waals surface area contributed by atoms with Crippen molar-refractivity contribution in [2.24, 2.45) is 0 Å². The average molecular weight is 461 g/mol. The smallest absolute Gasteiger partial charge is 0.282 e. The Morgan fingerprint density at radius 3 is 2.32 bits per heavy atom. The number of rotatable bonds is 9. The molecule has 1 heterocycles. The van der Waals surface area contributed by atoms with Crippen LogP contribution in [-0.4, -0.2) is 25.0 Å². The van der Waals surface area contributed by atoms with Gasteiger partial charge in [-0.15, -0.1) is 0 Å². The number of para-hydroxylation sites is 1. The Hall–Kier alpha value is -4.13. The van der Waals surface area contributed by atoms with Crippen LogP contribution in [0.4, 0.5) is 15.8 Å². The number of imide groups is 1. The predicted molar refractivity (Wildman–Crippen MR) is 129 cm³/mol. The highest BCUT2D eigenvalue weighted by molar-refractivity contribution is 6.46. The summed E-state index contributed by atoms with van der Waals surface area (Å²) in [4.78, 5) is 27.8. The lowest BCUT2D eigenvalue weighted by molar-refractivity contribution is -0.120. The second-order valence-electron chi connectivity index (χ2n) is 7.61. The van der Waals surface area contributed by atoms with Gasteiger partial charge in [0.1, 0.15) is 23.0 Å². The summed E-state index contributed by atoms with van der Waals surface area (Å²) in [5.41, 5.74) is 1.20. The Morgan fingerprint density at radius 1 is 0.853 bits per heavy atom. The van der Waals surface area contributed by atoms with Gasteiger partial charge in [-0.1, -0.05) is 37.3 Å². The molecule has 34 heavy (non-hydrogen) atoms. The summed E-state index contributed by atoms with van der Waals surface area (Å²) in [6.45, 7) is 4.95. The summed E-state index contributed by atoms with van der Waals surface area (Å²) >= 11 is 0. The maximum Gasteiger partial charge on any atom is 0.282 e. The summed E-state index contributed by atoms with van der Waals surface area (Å²) in [7, 11) is 0. The van der Waals surface area contributed by atoms with Crippen molar-refractivity contribution in [2.75, 3.05) is 23.4 Å². The maximum absolute atomic E-state index is 14.6. The van der Waals surface area contributed by atoms with Gasteiger partial charge < -0.3 is 14.8 Å². The summed E-state index contributed by atoms with van der Waals surface area (Å²) in [6.07, 6.45) is 0.856. The number of hydrogen-bond donors (Lipinski definition) is 1. The van der Waals surface area contributed by atoms with Crippen molar-refractivity contribution < 1.29 is 23.5 Å². The zero-order chi connectivity index (χ0) is 24.1. The Balaban J connectivity index is 1.76. The molecule has 0 atom stereocenters. The monoisotopic (exact) mass is 460 g/mol. The van der Waals surface area contributed by atoms with Crippen molar-refractivity contribution in [1.82, 2.24) is 0 Å². The first-order valence-corrected chi connectivity index (χ1v) is 11.1. The molecule has 0 saturated carbocycles. The van der Waals surface area contributed by atoms with Crippen LogP contribution in [0.3, 0.4) is 0 Å². The van der Waals surface area contributed by atoms with Crippen molar-refractivity contribution in [3.63, 3.8) is 0 Å². The summed E-state index contributed by atoms with van der Waals surface area (Å²) < 4.78 is 25.7. The standard InChI is InChI=1S/C27H25FN2O4/c1-3-16-34-21-9-7-8-19(17-21)29-25-24(18-12-14-20(15-13-18)33-4-2)26(31)30(27(25)32)23-11-6-5-10-22(23)28/h5-15,17,29H,3-4,16H2,1-2H3. The van der Waals surface area contributed by atoms with E-state index in [1.165, 1.54) is 18.2 Å². The Bertz CT molecular complexity index is 1240. The minimum Gasteiger partial charge on any atom is -0.494 e. The van der Waals surface area contributed by atoms with E-state index in [0.717, 1.165) is 11.3 Å². The molecule has 0 aliphatic carbocycles. The van der Waals surface area contributed by atoms with E-state index in [1.54, 1.807) is 48.5 Å². The van der Waals surface area contributed by atoms with E-state index < -0.39 is 17.6 Å². The van der Waals surface area contributed by atoms with Gasteiger partial charge in [-0.3, -0.25) is 9.59 Å². The topological polar surface area (TPSA) is 67.9 Å². The molecule has 7 heteroatoms. The van der Waals surface area contributed by atoms with E-state index in [9.17, 15) is 14.0 Å². The molecule has 0 saturated heterocycles. The van der Waals surface area contributed by atoms with Crippen LogP contribution in [0.15, 0.2) is 78.5 Å². The van der Waals surface area contributed by atoms with Crippen molar-refractivity contribution in [3.8, 4) is 11.5 Å². The summed E-state index contributed by atoms with van der Waals surface area (Å²) in [5.74, 6) is -0.631. The summed E-state index contributed by atoms with van der Waals surface area (Å²) in [6, 6.07) is 19.7. The van der Waals surface area contributed by atoms with Crippen LogP contribution in [0.5, 0.6) is 11.5 Å². The van der Waals surface area contributed by atoms with Gasteiger partial charge in [-0.25, -0.2) is 9.29 Å². The number of halogens is 1. The van der Waals surface area contributed by atoms with Gasteiger partial charge in [0.2, 0.25) is 0 Å². The lowest BCUT2D eigenvalue weighted by Gasteiger charge is -2.16. The van der Waals surface area contributed by atoms with Crippen molar-refractivity contribution in [3.05, 3.63) is 89.9 Å². The third kappa shape index (κ3) is 4.64. The fourth-order valence-corrected chi connectivity index (χ4v) is 3.68. The number of carbonyl (C=O) groups excluding carboxylic acids is 2. The van der Waals surface area contributed by atoms with Crippen molar-refractivity contribution >= 4 is 28.8 Å². The van der Waals surface area contributed by atoms with Crippen LogP contribution in [0.1, 0.15) is 25.8 Å². The Morgan fingerprint density at radius 2 is 1.62 bits per heavy atom. The first-order valence-electron chi connectivity index (χ1n) is 11.1. The normalized spacial score (nSPS) is 13.4. The molecule has 1 aliphatic rings. The minimum absolute atomic E-state index is 0.0602. The number of benzene rings is 3. The number of anilines is 2. The van der Waals surface area contributed by atoms with Crippen LogP contribution in [0.2, 0.25) is 0 Å². The van der Waals surface area contributed by atoms with E-state index >= 15 is 0 Å². The highest BCUT2D eigenvalue weighted by Gasteiger charge is 2.41. The largest absolute Gasteiger partial charge is 0.494 e. The third-order valence-corrected chi connectivity index (χ3v) is 5.21. The van der Waals surface area contributed by atoms with Gasteiger partial charge in [0, 0.05) is 11.8 Å². The molecule has 0 radical (unpaired) electrons. The average Bonchev–Trinajstić information content (AvgIpc) is 3.08. The molecule has 3 aromatic rings. The van der Waals surface area contributed by atoms with Crippen LogP contribution >= 0.6 is 0 Å². The third-order valence-electron chi connectivity index (χ3n) is 5.21. The van der Waals surface area contributed by atoms with E-state index in [0.29, 0.717) is 36.0 Å². The van der Waals surface area contributed by atoms with Gasteiger partial charge in [0.25, 0.3) is 11.8 Å². The van der Waals surface area contributed by atoms with Crippen LogP contribution in [-0.2, 0) is 9.59 Å². The van der Waals surface area contributed by atoms with Crippen LogP contribution in [0.25, 0.3) is 5.57 Å². The molecular formula is C27H25FN2O4. The molecule has 1 aliphatic heterocycles. The molecule has 0 unspecified atom stereocenters. The van der Waals surface area contributed by atoms with Gasteiger partial charge >= 0.3 is 0 Å². The molecule has 0 fully saturated rings. The first-order chi connectivity index (χ1) is 16.5. The number of nitrogens with zero attached hydrogens (tertiary/aromatic N) is 1. The lowest BCUT2D eigenvalue weighted by atomic mass is 10.0. The van der Waals surface area contributed by atoms with E-state index in [-0.39, 0.29) is 17.0 Å². The maximum atomic E-state index is 14.6. The molecule has 1 N–H and O–H groups in total. The minimum atomic E-state index is -0.661. The molecule has 3 aromatic carbocycles. The summed E-state index contributed by atoms with van der Waals surface area (Å²) in [5, 5.41) is 3.08. The van der Waals surface area contributed by atoms with Crippen molar-refractivity contribution in [2.45, 2.75) is 20.3 Å². The molecule has 2 amide bonds. The van der Waals surface area contributed by atoms with Gasteiger partial charge in [-0.05, 0) is 55.3 Å². The number of amides is 2. The van der Waals surface area contributed by atoms with Gasteiger partial charge in [0.05, 0.1) is 24.5 Å². The molecule has 174 valence electrons. The molecule has 4 rings (SSSR count). The Kier molecular flexibility index (Phi) is 6.92. The van der Waals surface area contributed by atoms with Crippen LogP contribution < -0.4 is 19.7 Å². The SMILES string of the molecule is CCCOc1cccc(NC2=C(c3ccc(OCC)cc3)C(=O)N(c3ccccc3F)C2=O)c1. The van der Waals surface area contributed by atoms with Gasteiger partial charge in [0.15, 0.2) is 0 Å². The van der Waals surface area contributed by atoms with E-state index in [1.807, 2.05) is 19.9 Å². The van der Waals surface area contributed by atoms with E-state index in [2.05, 4.69) is 5.32 Å². The number of ether oxygens (including phenoxy) is 2. The van der Waals surface area contributed by atoms with E-state index in [4.69, 9.17) is 9.47 Å². The number of nitrogens with one attached hydrogen (secondary N) is 1. The highest BCUT2D eigenvalue weighted by Crippen LogP contribution is 2.35. The zero-order valence-electron chi connectivity index (χ0n) is 19.0. The highest BCUT2D eigenvalue weighted by atomic mass is 19.1. The second-order valence-corrected chi connectivity index (χ2v) is 7.61. The second kappa shape index (κ2) is 10.2. The molecule has 6 nitrogen and oxygen atoms in total. The predicted octanol–water partition coefficient (Wildman–Crippen LogP) is 5.41. The molecule has 0 bridgehead atoms. The fraction of sp³-hybridized carbons (Fsp3) is 0.185. The lowest BCUT2D eigenvalue weighted by Crippen LogP contribution is -2.33. The zero-order valence-corrected chi connectivity index (χ0v) is 19.0. The van der Waals surface area contributed by atoms with Crippen LogP contribution in [0, 0.1) is 5.82 Å². The molecular weight excluding hydrogens is 435 g/mol. The molecule has 0 spiro atoms. The molecule has 0 aromatic heterocycles. The first kappa shape index (κ1) is 23.0. The number of hydrogen-bond acceptors (Lipinski definition) is 5. The Labute approximate surface area is 197 Å².